The molecule has 1 aromatic rings. The normalized spacial score (nSPS) is 18.3. The second kappa shape index (κ2) is 5.21. The molecule has 4 nitrogen and oxygen atoms in total. The minimum Gasteiger partial charge on any atom is -0.466 e. The summed E-state index contributed by atoms with van der Waals surface area (Å²) in [5, 5.41) is 0. The van der Waals surface area contributed by atoms with Gasteiger partial charge in [-0.25, -0.2) is 0 Å². The predicted octanol–water partition coefficient (Wildman–Crippen LogP) is 1.97. The van der Waals surface area contributed by atoms with Crippen molar-refractivity contribution < 1.29 is 14.3 Å². The van der Waals surface area contributed by atoms with E-state index in [0.717, 1.165) is 12.0 Å². The Hall–Kier alpha value is -1.84. The molecule has 0 amide bonds. The van der Waals surface area contributed by atoms with Crippen LogP contribution in [0, 0.1) is 5.92 Å². The van der Waals surface area contributed by atoms with Gasteiger partial charge in [0.1, 0.15) is 0 Å². The van der Waals surface area contributed by atoms with Gasteiger partial charge in [-0.3, -0.25) is 9.59 Å². The second-order valence-corrected chi connectivity index (χ2v) is 4.53. The van der Waals surface area contributed by atoms with E-state index < -0.39 is 0 Å². The highest BCUT2D eigenvalue weighted by molar-refractivity contribution is 6.01. The van der Waals surface area contributed by atoms with Crippen molar-refractivity contribution in [1.29, 1.82) is 0 Å². The molecule has 0 saturated carbocycles. The summed E-state index contributed by atoms with van der Waals surface area (Å²) < 4.78 is 4.89. The molecule has 0 bridgehead atoms. The molecule has 0 spiro atoms. The molecule has 0 aromatic heterocycles. The number of ether oxygens (including phenoxy) is 1. The van der Waals surface area contributed by atoms with Crippen LogP contribution in [0.15, 0.2) is 18.2 Å². The number of nitrogens with two attached hydrogens (primary N) is 1. The number of esters is 1. The summed E-state index contributed by atoms with van der Waals surface area (Å²) in [6, 6.07) is 5.32. The van der Waals surface area contributed by atoms with E-state index in [1.165, 1.54) is 0 Å². The van der Waals surface area contributed by atoms with Crippen LogP contribution < -0.4 is 5.73 Å². The van der Waals surface area contributed by atoms with Crippen LogP contribution in [-0.4, -0.2) is 18.4 Å². The van der Waals surface area contributed by atoms with Crippen LogP contribution in [0.2, 0.25) is 0 Å². The van der Waals surface area contributed by atoms with Gasteiger partial charge in [-0.15, -0.1) is 0 Å². The van der Waals surface area contributed by atoms with Crippen LogP contribution in [0.3, 0.4) is 0 Å². The molecule has 1 atom stereocenters. The number of ketones is 1. The highest BCUT2D eigenvalue weighted by Gasteiger charge is 2.29. The summed E-state index contributed by atoms with van der Waals surface area (Å²) in [6.45, 7) is 2.12. The summed E-state index contributed by atoms with van der Waals surface area (Å²) in [5.74, 6) is -0.515. The average molecular weight is 247 g/mol. The number of Topliss-reactive ketones (excluding diaryl/α,β-unsaturated/α-hetero) is 1. The maximum atomic E-state index is 12.2. The van der Waals surface area contributed by atoms with Crippen molar-refractivity contribution >= 4 is 17.4 Å². The van der Waals surface area contributed by atoms with E-state index in [1.54, 1.807) is 19.1 Å². The predicted molar refractivity (Wildman–Crippen MR) is 68.2 cm³/mol. The fourth-order valence-corrected chi connectivity index (χ4v) is 2.36. The highest BCUT2D eigenvalue weighted by atomic mass is 16.5. The standard InChI is InChI=1S/C14H17NO3/c1-2-18-13(16)8-10-4-3-9-7-11(15)5-6-12(9)14(10)17/h5-7,10H,2-4,8,15H2,1H3/t10-/m1/s1. The molecular formula is C14H17NO3. The molecule has 0 unspecified atom stereocenters. The number of hydrogen-bond acceptors (Lipinski definition) is 4. The van der Waals surface area contributed by atoms with Crippen LogP contribution in [0.5, 0.6) is 0 Å². The van der Waals surface area contributed by atoms with Gasteiger partial charge in [-0.05, 0) is 43.5 Å². The van der Waals surface area contributed by atoms with Gasteiger partial charge in [0, 0.05) is 17.2 Å². The van der Waals surface area contributed by atoms with Crippen molar-refractivity contribution in [1.82, 2.24) is 0 Å². The first-order valence-corrected chi connectivity index (χ1v) is 6.20. The molecule has 1 aliphatic carbocycles. The minimum atomic E-state index is -0.297. The Labute approximate surface area is 106 Å². The highest BCUT2D eigenvalue weighted by Crippen LogP contribution is 2.29. The second-order valence-electron chi connectivity index (χ2n) is 4.53. The van der Waals surface area contributed by atoms with E-state index in [0.29, 0.717) is 24.3 Å². The molecule has 2 N–H and O–H groups in total. The maximum Gasteiger partial charge on any atom is 0.306 e. The zero-order valence-corrected chi connectivity index (χ0v) is 10.4. The lowest BCUT2D eigenvalue weighted by Gasteiger charge is -2.22. The lowest BCUT2D eigenvalue weighted by atomic mass is 9.81. The monoisotopic (exact) mass is 247 g/mol. The fourth-order valence-electron chi connectivity index (χ4n) is 2.36. The number of carbonyl (C=O) groups excluding carboxylic acids is 2. The largest absolute Gasteiger partial charge is 0.466 e. The average Bonchev–Trinajstić information content (AvgIpc) is 2.33. The number of nitrogen functional groups attached to an aromatic ring is 1. The number of aryl methyl sites for hydroxylation is 1. The summed E-state index contributed by atoms with van der Waals surface area (Å²) in [4.78, 5) is 23.6. The molecule has 18 heavy (non-hydrogen) atoms. The third-order valence-electron chi connectivity index (χ3n) is 3.25. The first-order chi connectivity index (χ1) is 8.61. The fraction of sp³-hybridized carbons (Fsp3) is 0.429. The topological polar surface area (TPSA) is 69.4 Å². The van der Waals surface area contributed by atoms with Crippen LogP contribution in [0.25, 0.3) is 0 Å². The Balaban J connectivity index is 2.13. The van der Waals surface area contributed by atoms with E-state index in [1.807, 2.05) is 6.07 Å². The quantitative estimate of drug-likeness (QED) is 0.655. The number of anilines is 1. The Kier molecular flexibility index (Phi) is 3.65. The van der Waals surface area contributed by atoms with Gasteiger partial charge in [0.25, 0.3) is 0 Å². The smallest absolute Gasteiger partial charge is 0.306 e. The van der Waals surface area contributed by atoms with Gasteiger partial charge in [0.15, 0.2) is 5.78 Å². The lowest BCUT2D eigenvalue weighted by molar-refractivity contribution is -0.143. The zero-order valence-electron chi connectivity index (χ0n) is 10.4. The summed E-state index contributed by atoms with van der Waals surface area (Å²) in [6.07, 6.45) is 1.65. The van der Waals surface area contributed by atoms with Crippen LogP contribution in [-0.2, 0) is 16.0 Å². The van der Waals surface area contributed by atoms with Gasteiger partial charge in [-0.2, -0.15) is 0 Å². The number of fused-ring (bicyclic) bond motifs is 1. The first-order valence-electron chi connectivity index (χ1n) is 6.20. The van der Waals surface area contributed by atoms with Crippen LogP contribution >= 0.6 is 0 Å². The van der Waals surface area contributed by atoms with Crippen LogP contribution in [0.4, 0.5) is 5.69 Å². The molecule has 96 valence electrons. The van der Waals surface area contributed by atoms with Gasteiger partial charge < -0.3 is 10.5 Å². The molecule has 2 rings (SSSR count). The molecule has 0 saturated heterocycles. The molecule has 0 radical (unpaired) electrons. The van der Waals surface area contributed by atoms with Crippen molar-refractivity contribution in [3.63, 3.8) is 0 Å². The molecule has 1 aliphatic rings. The van der Waals surface area contributed by atoms with Crippen molar-refractivity contribution in [2.75, 3.05) is 12.3 Å². The lowest BCUT2D eigenvalue weighted by Crippen LogP contribution is -2.25. The Morgan fingerprint density at radius 1 is 1.50 bits per heavy atom. The number of benzene rings is 1. The van der Waals surface area contributed by atoms with Crippen molar-refractivity contribution in [3.8, 4) is 0 Å². The summed E-state index contributed by atoms with van der Waals surface area (Å²) >= 11 is 0. The summed E-state index contributed by atoms with van der Waals surface area (Å²) in [5.41, 5.74) is 8.05. The van der Waals surface area contributed by atoms with Gasteiger partial charge >= 0.3 is 5.97 Å². The number of rotatable bonds is 3. The van der Waals surface area contributed by atoms with E-state index in [2.05, 4.69) is 0 Å². The summed E-state index contributed by atoms with van der Waals surface area (Å²) in [7, 11) is 0. The Morgan fingerprint density at radius 2 is 2.28 bits per heavy atom. The minimum absolute atomic E-state index is 0.0318. The molecule has 0 fully saturated rings. The van der Waals surface area contributed by atoms with Crippen LogP contribution in [0.1, 0.15) is 35.7 Å². The molecule has 1 aromatic carbocycles. The van der Waals surface area contributed by atoms with E-state index in [4.69, 9.17) is 10.5 Å². The SMILES string of the molecule is CCOC(=O)C[C@H]1CCc2cc(N)ccc2C1=O. The number of hydrogen-bond donors (Lipinski definition) is 1. The zero-order chi connectivity index (χ0) is 13.1. The van der Waals surface area contributed by atoms with Crippen molar-refractivity contribution in [2.45, 2.75) is 26.2 Å². The molecule has 0 heterocycles. The molecular weight excluding hydrogens is 230 g/mol. The van der Waals surface area contributed by atoms with Crippen molar-refractivity contribution in [2.24, 2.45) is 5.92 Å². The van der Waals surface area contributed by atoms with E-state index >= 15 is 0 Å². The van der Waals surface area contributed by atoms with Gasteiger partial charge in [-0.1, -0.05) is 0 Å². The molecule has 4 heteroatoms. The number of carbonyl (C=O) groups is 2. The first kappa shape index (κ1) is 12.6. The third-order valence-corrected chi connectivity index (χ3v) is 3.25. The van der Waals surface area contributed by atoms with Gasteiger partial charge in [0.2, 0.25) is 0 Å². The van der Waals surface area contributed by atoms with E-state index in [9.17, 15) is 9.59 Å². The Morgan fingerprint density at radius 3 is 3.00 bits per heavy atom. The Bertz CT molecular complexity index is 482. The maximum absolute atomic E-state index is 12.2. The third kappa shape index (κ3) is 2.53. The van der Waals surface area contributed by atoms with Crippen molar-refractivity contribution in [3.05, 3.63) is 29.3 Å². The van der Waals surface area contributed by atoms with E-state index in [-0.39, 0.29) is 24.1 Å². The van der Waals surface area contributed by atoms with Gasteiger partial charge in [0.05, 0.1) is 13.0 Å². The molecule has 0 aliphatic heterocycles.